The summed E-state index contributed by atoms with van der Waals surface area (Å²) in [6, 6.07) is 9.12. The number of amides is 2. The molecule has 0 fully saturated rings. The van der Waals surface area contributed by atoms with Gasteiger partial charge in [0.1, 0.15) is 11.5 Å². The number of hydrogen-bond acceptors (Lipinski definition) is 5. The van der Waals surface area contributed by atoms with E-state index in [1.54, 1.807) is 25.0 Å². The van der Waals surface area contributed by atoms with Crippen LogP contribution in [0.3, 0.4) is 0 Å². The van der Waals surface area contributed by atoms with E-state index in [1.165, 1.54) is 6.92 Å². The molecule has 1 N–H and O–H groups in total. The van der Waals surface area contributed by atoms with Crippen molar-refractivity contribution in [3.63, 3.8) is 0 Å². The molecule has 0 saturated heterocycles. The van der Waals surface area contributed by atoms with Crippen LogP contribution in [0.5, 0.6) is 5.75 Å². The third-order valence-electron chi connectivity index (χ3n) is 3.50. The number of nitrogens with one attached hydrogen (secondary N) is 1. The van der Waals surface area contributed by atoms with E-state index in [0.717, 1.165) is 5.56 Å². The van der Waals surface area contributed by atoms with Crippen LogP contribution in [0.1, 0.15) is 24.7 Å². The number of benzene rings is 1. The Morgan fingerprint density at radius 1 is 1.33 bits per heavy atom. The number of carbonyl (C=O) groups is 2. The van der Waals surface area contributed by atoms with E-state index < -0.39 is 0 Å². The molecule has 0 aliphatic carbocycles. The number of methoxy groups -OCH3 is 1. The van der Waals surface area contributed by atoms with Gasteiger partial charge in [0.2, 0.25) is 11.8 Å². The predicted molar refractivity (Wildman–Crippen MR) is 88.6 cm³/mol. The van der Waals surface area contributed by atoms with Crippen LogP contribution < -0.4 is 10.1 Å². The second kappa shape index (κ2) is 8.14. The van der Waals surface area contributed by atoms with Gasteiger partial charge in [-0.25, -0.2) is 0 Å². The Morgan fingerprint density at radius 3 is 2.71 bits per heavy atom. The molecule has 0 spiro atoms. The van der Waals surface area contributed by atoms with E-state index in [1.807, 2.05) is 24.3 Å². The Morgan fingerprint density at radius 2 is 2.08 bits per heavy atom. The summed E-state index contributed by atoms with van der Waals surface area (Å²) in [5, 5.41) is 6.34. The molecular weight excluding hydrogens is 310 g/mol. The molecule has 0 unspecified atom stereocenters. The number of aromatic nitrogens is 1. The molecule has 0 aliphatic rings. The molecule has 0 atom stereocenters. The van der Waals surface area contributed by atoms with Crippen LogP contribution in [0.25, 0.3) is 0 Å². The van der Waals surface area contributed by atoms with E-state index in [-0.39, 0.29) is 18.2 Å². The SMILES string of the molecule is COc1ccccc1CN(CCC(=O)Nc1cc(C)on1)C(C)=O. The first-order chi connectivity index (χ1) is 11.5. The van der Waals surface area contributed by atoms with E-state index in [2.05, 4.69) is 10.5 Å². The molecule has 128 valence electrons. The van der Waals surface area contributed by atoms with Gasteiger partial charge in [-0.2, -0.15) is 0 Å². The summed E-state index contributed by atoms with van der Waals surface area (Å²) < 4.78 is 10.2. The molecule has 2 aromatic rings. The quantitative estimate of drug-likeness (QED) is 0.842. The zero-order chi connectivity index (χ0) is 17.5. The third-order valence-corrected chi connectivity index (χ3v) is 3.50. The number of anilines is 1. The lowest BCUT2D eigenvalue weighted by molar-refractivity contribution is -0.129. The maximum Gasteiger partial charge on any atom is 0.227 e. The Labute approximate surface area is 140 Å². The highest BCUT2D eigenvalue weighted by molar-refractivity contribution is 5.90. The Bertz CT molecular complexity index is 711. The van der Waals surface area contributed by atoms with Crippen LogP contribution >= 0.6 is 0 Å². The number of ether oxygens (including phenoxy) is 1. The predicted octanol–water partition coefficient (Wildman–Crippen LogP) is 2.37. The van der Waals surface area contributed by atoms with Crippen molar-refractivity contribution < 1.29 is 18.8 Å². The van der Waals surface area contributed by atoms with Crippen LogP contribution in [0.2, 0.25) is 0 Å². The highest BCUT2D eigenvalue weighted by Crippen LogP contribution is 2.19. The number of aryl methyl sites for hydroxylation is 1. The normalized spacial score (nSPS) is 10.3. The largest absolute Gasteiger partial charge is 0.496 e. The van der Waals surface area contributed by atoms with Crippen molar-refractivity contribution in [2.45, 2.75) is 26.8 Å². The molecule has 0 saturated carbocycles. The van der Waals surface area contributed by atoms with Gasteiger partial charge < -0.3 is 19.5 Å². The summed E-state index contributed by atoms with van der Waals surface area (Å²) in [4.78, 5) is 25.4. The molecule has 2 rings (SSSR count). The topological polar surface area (TPSA) is 84.7 Å². The van der Waals surface area contributed by atoms with Crippen LogP contribution in [0.4, 0.5) is 5.82 Å². The average molecular weight is 331 g/mol. The van der Waals surface area contributed by atoms with Gasteiger partial charge in [-0.05, 0) is 13.0 Å². The second-order valence-corrected chi connectivity index (χ2v) is 5.37. The van der Waals surface area contributed by atoms with E-state index in [9.17, 15) is 9.59 Å². The number of para-hydroxylation sites is 1. The standard InChI is InChI=1S/C17H21N3O4/c1-12-10-16(19-24-12)18-17(22)8-9-20(13(2)21)11-14-6-4-5-7-15(14)23-3/h4-7,10H,8-9,11H2,1-3H3,(H,18,19,22). The Balaban J connectivity index is 1.93. The zero-order valence-corrected chi connectivity index (χ0v) is 14.0. The molecule has 7 nitrogen and oxygen atoms in total. The first-order valence-electron chi connectivity index (χ1n) is 7.60. The molecule has 2 amide bonds. The lowest BCUT2D eigenvalue weighted by Crippen LogP contribution is -2.31. The lowest BCUT2D eigenvalue weighted by Gasteiger charge is -2.22. The average Bonchev–Trinajstić information content (AvgIpc) is 2.96. The fourth-order valence-electron chi connectivity index (χ4n) is 2.25. The van der Waals surface area contributed by atoms with Gasteiger partial charge in [-0.15, -0.1) is 0 Å². The fourth-order valence-corrected chi connectivity index (χ4v) is 2.25. The van der Waals surface area contributed by atoms with Crippen molar-refractivity contribution in [1.82, 2.24) is 10.1 Å². The lowest BCUT2D eigenvalue weighted by atomic mass is 10.2. The van der Waals surface area contributed by atoms with Gasteiger partial charge in [-0.1, -0.05) is 23.4 Å². The summed E-state index contributed by atoms with van der Waals surface area (Å²) in [5.74, 6) is 1.37. The molecule has 1 heterocycles. The molecule has 0 aliphatic heterocycles. The summed E-state index contributed by atoms with van der Waals surface area (Å²) in [6.07, 6.45) is 0.167. The zero-order valence-electron chi connectivity index (χ0n) is 14.0. The van der Waals surface area contributed by atoms with Gasteiger partial charge in [0.05, 0.1) is 7.11 Å². The maximum absolute atomic E-state index is 12.0. The fraction of sp³-hybridized carbons (Fsp3) is 0.353. The minimum absolute atomic E-state index is 0.106. The smallest absolute Gasteiger partial charge is 0.227 e. The summed E-state index contributed by atoms with van der Waals surface area (Å²) >= 11 is 0. The molecule has 0 radical (unpaired) electrons. The summed E-state index contributed by atoms with van der Waals surface area (Å²) in [6.45, 7) is 3.91. The summed E-state index contributed by atoms with van der Waals surface area (Å²) in [7, 11) is 1.59. The number of hydrogen-bond donors (Lipinski definition) is 1. The Kier molecular flexibility index (Phi) is 5.95. The monoisotopic (exact) mass is 331 g/mol. The number of carbonyl (C=O) groups excluding carboxylic acids is 2. The van der Waals surface area contributed by atoms with Crippen LogP contribution in [-0.2, 0) is 16.1 Å². The van der Waals surface area contributed by atoms with Crippen molar-refractivity contribution >= 4 is 17.6 Å². The van der Waals surface area contributed by atoms with Gasteiger partial charge in [0.25, 0.3) is 0 Å². The third kappa shape index (κ3) is 4.84. The molecule has 1 aromatic heterocycles. The van der Waals surface area contributed by atoms with Crippen molar-refractivity contribution in [2.75, 3.05) is 19.0 Å². The minimum atomic E-state index is -0.227. The van der Waals surface area contributed by atoms with Gasteiger partial charge in [0.15, 0.2) is 5.82 Å². The highest BCUT2D eigenvalue weighted by Gasteiger charge is 2.14. The van der Waals surface area contributed by atoms with Crippen LogP contribution in [0, 0.1) is 6.92 Å². The molecule has 7 heteroatoms. The minimum Gasteiger partial charge on any atom is -0.496 e. The van der Waals surface area contributed by atoms with Crippen LogP contribution in [0.15, 0.2) is 34.9 Å². The van der Waals surface area contributed by atoms with E-state index in [0.29, 0.717) is 30.4 Å². The first kappa shape index (κ1) is 17.5. The van der Waals surface area contributed by atoms with Crippen LogP contribution in [-0.4, -0.2) is 35.5 Å². The van der Waals surface area contributed by atoms with Gasteiger partial charge in [-0.3, -0.25) is 9.59 Å². The number of nitrogens with zero attached hydrogens (tertiary/aromatic N) is 2. The first-order valence-corrected chi connectivity index (χ1v) is 7.60. The molecule has 0 bridgehead atoms. The van der Waals surface area contributed by atoms with Crippen molar-refractivity contribution in [3.05, 3.63) is 41.7 Å². The van der Waals surface area contributed by atoms with Crippen molar-refractivity contribution in [1.29, 1.82) is 0 Å². The van der Waals surface area contributed by atoms with Gasteiger partial charge in [0, 0.05) is 38.1 Å². The molecule has 24 heavy (non-hydrogen) atoms. The molecular formula is C17H21N3O4. The van der Waals surface area contributed by atoms with E-state index >= 15 is 0 Å². The van der Waals surface area contributed by atoms with Gasteiger partial charge >= 0.3 is 0 Å². The highest BCUT2D eigenvalue weighted by atomic mass is 16.5. The second-order valence-electron chi connectivity index (χ2n) is 5.37. The molecule has 1 aromatic carbocycles. The maximum atomic E-state index is 12.0. The van der Waals surface area contributed by atoms with Crippen molar-refractivity contribution in [3.8, 4) is 5.75 Å². The van der Waals surface area contributed by atoms with E-state index in [4.69, 9.17) is 9.26 Å². The Hall–Kier alpha value is -2.83. The van der Waals surface area contributed by atoms with Crippen molar-refractivity contribution in [2.24, 2.45) is 0 Å². The number of rotatable bonds is 7. The summed E-state index contributed by atoms with van der Waals surface area (Å²) in [5.41, 5.74) is 0.891.